The third kappa shape index (κ3) is 2.56. The van der Waals surface area contributed by atoms with Crippen molar-refractivity contribution in [1.29, 1.82) is 0 Å². The molecule has 0 aliphatic heterocycles. The Morgan fingerprint density at radius 2 is 1.88 bits per heavy atom. The second-order valence-corrected chi connectivity index (χ2v) is 10.2. The van der Waals surface area contributed by atoms with Crippen molar-refractivity contribution in [3.8, 4) is 0 Å². The van der Waals surface area contributed by atoms with Crippen molar-refractivity contribution in [3.63, 3.8) is 0 Å². The molecule has 3 fully saturated rings. The van der Waals surface area contributed by atoms with Gasteiger partial charge in [0.1, 0.15) is 5.78 Å². The monoisotopic (exact) mass is 345 g/mol. The Balaban J connectivity index is 1.63. The van der Waals surface area contributed by atoms with Crippen molar-refractivity contribution in [1.82, 2.24) is 4.90 Å². The molecule has 4 aliphatic carbocycles. The minimum absolute atomic E-state index is 0.0856. The topological polar surface area (TPSA) is 40.5 Å². The van der Waals surface area contributed by atoms with Gasteiger partial charge in [-0.05, 0) is 82.2 Å². The molecule has 0 aromatic rings. The van der Waals surface area contributed by atoms with Crippen LogP contribution in [-0.4, -0.2) is 42.5 Å². The molecule has 0 spiro atoms. The summed E-state index contributed by atoms with van der Waals surface area (Å²) in [5.41, 5.74) is 1.70. The van der Waals surface area contributed by atoms with Gasteiger partial charge in [-0.3, -0.25) is 4.79 Å². The first-order valence-electron chi connectivity index (χ1n) is 10.3. The van der Waals surface area contributed by atoms with E-state index in [1.807, 2.05) is 0 Å². The molecule has 4 aliphatic rings. The van der Waals surface area contributed by atoms with Gasteiger partial charge < -0.3 is 10.0 Å². The number of fused-ring (bicyclic) bond motifs is 5. The smallest absolute Gasteiger partial charge is 0.143 e. The number of aliphatic hydroxyl groups excluding tert-OH is 1. The van der Waals surface area contributed by atoms with Gasteiger partial charge in [-0.15, -0.1) is 0 Å². The van der Waals surface area contributed by atoms with E-state index in [0.29, 0.717) is 23.5 Å². The van der Waals surface area contributed by atoms with Crippen LogP contribution in [0.3, 0.4) is 0 Å². The van der Waals surface area contributed by atoms with Crippen LogP contribution in [0.4, 0.5) is 0 Å². The molecule has 3 heteroatoms. The molecular formula is C22H35NO2. The number of carbonyl (C=O) groups excluding carboxylic acids is 1. The summed E-state index contributed by atoms with van der Waals surface area (Å²) in [7, 11) is 4.18. The Labute approximate surface area is 152 Å². The Kier molecular flexibility index (Phi) is 4.20. The molecular weight excluding hydrogens is 310 g/mol. The van der Waals surface area contributed by atoms with Gasteiger partial charge in [0.25, 0.3) is 0 Å². The van der Waals surface area contributed by atoms with Gasteiger partial charge in [0.2, 0.25) is 0 Å². The van der Waals surface area contributed by atoms with Crippen LogP contribution in [0.2, 0.25) is 0 Å². The van der Waals surface area contributed by atoms with E-state index in [1.54, 1.807) is 0 Å². The average molecular weight is 346 g/mol. The number of nitrogens with zero attached hydrogens (tertiary/aromatic N) is 1. The molecule has 0 saturated heterocycles. The molecule has 0 unspecified atom stereocenters. The molecule has 0 aromatic carbocycles. The predicted octanol–water partition coefficient (Wildman–Crippen LogP) is 3.67. The van der Waals surface area contributed by atoms with Crippen LogP contribution in [0.5, 0.6) is 0 Å². The lowest BCUT2D eigenvalue weighted by molar-refractivity contribution is -0.134. The molecule has 7 atom stereocenters. The Morgan fingerprint density at radius 1 is 1.16 bits per heavy atom. The van der Waals surface area contributed by atoms with Gasteiger partial charge in [-0.1, -0.05) is 25.5 Å². The third-order valence-electron chi connectivity index (χ3n) is 8.53. The van der Waals surface area contributed by atoms with Crippen LogP contribution in [0.1, 0.15) is 58.8 Å². The molecule has 0 bridgehead atoms. The fourth-order valence-electron chi connectivity index (χ4n) is 7.18. The van der Waals surface area contributed by atoms with Gasteiger partial charge in [-0.2, -0.15) is 0 Å². The first-order valence-corrected chi connectivity index (χ1v) is 10.3. The summed E-state index contributed by atoms with van der Waals surface area (Å²) in [4.78, 5) is 15.4. The number of hydrogen-bond acceptors (Lipinski definition) is 3. The lowest BCUT2D eigenvalue weighted by atomic mass is 9.48. The largest absolute Gasteiger partial charge is 0.393 e. The second-order valence-electron chi connectivity index (χ2n) is 10.2. The summed E-state index contributed by atoms with van der Waals surface area (Å²) >= 11 is 0. The van der Waals surface area contributed by atoms with E-state index in [1.165, 1.54) is 12.0 Å². The highest BCUT2D eigenvalue weighted by atomic mass is 16.3. The summed E-state index contributed by atoms with van der Waals surface area (Å²) in [6.07, 6.45) is 9.77. The molecule has 0 radical (unpaired) electrons. The van der Waals surface area contributed by atoms with E-state index >= 15 is 0 Å². The van der Waals surface area contributed by atoms with E-state index in [4.69, 9.17) is 0 Å². The van der Waals surface area contributed by atoms with E-state index < -0.39 is 0 Å². The highest BCUT2D eigenvalue weighted by Crippen LogP contribution is 2.64. The summed E-state index contributed by atoms with van der Waals surface area (Å²) in [6.45, 7) is 5.64. The fourth-order valence-corrected chi connectivity index (χ4v) is 7.18. The van der Waals surface area contributed by atoms with Crippen LogP contribution < -0.4 is 0 Å². The maximum Gasteiger partial charge on any atom is 0.143 e. The first kappa shape index (κ1) is 17.7. The van der Waals surface area contributed by atoms with Crippen LogP contribution in [-0.2, 0) is 4.79 Å². The van der Waals surface area contributed by atoms with E-state index in [2.05, 4.69) is 38.9 Å². The lowest BCUT2D eigenvalue weighted by Crippen LogP contribution is -2.50. The molecule has 0 amide bonds. The van der Waals surface area contributed by atoms with Crippen molar-refractivity contribution in [2.24, 2.45) is 34.5 Å². The van der Waals surface area contributed by atoms with Crippen LogP contribution >= 0.6 is 0 Å². The van der Waals surface area contributed by atoms with Crippen LogP contribution in [0.15, 0.2) is 11.6 Å². The second kappa shape index (κ2) is 5.92. The number of ketones is 1. The van der Waals surface area contributed by atoms with Crippen molar-refractivity contribution in [3.05, 3.63) is 11.6 Å². The number of rotatable bonds is 2. The van der Waals surface area contributed by atoms with Crippen molar-refractivity contribution in [2.45, 2.75) is 64.9 Å². The molecule has 3 saturated carbocycles. The standard InChI is InChI=1S/C22H35NO2/c1-21-9-7-16(24)12-15(21)5-6-17-18(21)8-10-22(2)19(17)11-14(20(22)25)13-23(3)4/h5,14,16-19,24H,6-13H2,1-4H3/t14-,16+,17+,18-,19-,21-,22-/m0/s1. The molecule has 0 aromatic heterocycles. The van der Waals surface area contributed by atoms with Crippen LogP contribution in [0.25, 0.3) is 0 Å². The summed E-state index contributed by atoms with van der Waals surface area (Å²) in [6, 6.07) is 0. The molecule has 3 nitrogen and oxygen atoms in total. The van der Waals surface area contributed by atoms with Gasteiger partial charge in [-0.25, -0.2) is 0 Å². The van der Waals surface area contributed by atoms with Gasteiger partial charge >= 0.3 is 0 Å². The van der Waals surface area contributed by atoms with E-state index in [-0.39, 0.29) is 22.9 Å². The number of aliphatic hydroxyl groups is 1. The molecule has 1 N–H and O–H groups in total. The number of Topliss-reactive ketones (excluding diaryl/α,β-unsaturated/α-hetero) is 1. The van der Waals surface area contributed by atoms with Crippen molar-refractivity contribution < 1.29 is 9.90 Å². The zero-order valence-corrected chi connectivity index (χ0v) is 16.4. The van der Waals surface area contributed by atoms with Crippen molar-refractivity contribution >= 4 is 5.78 Å². The summed E-state index contributed by atoms with van der Waals surface area (Å²) in [5.74, 6) is 2.71. The van der Waals surface area contributed by atoms with E-state index in [9.17, 15) is 9.90 Å². The fraction of sp³-hybridized carbons (Fsp3) is 0.864. The Morgan fingerprint density at radius 3 is 2.60 bits per heavy atom. The molecule has 4 rings (SSSR count). The lowest BCUT2D eigenvalue weighted by Gasteiger charge is -2.56. The van der Waals surface area contributed by atoms with Gasteiger partial charge in [0.15, 0.2) is 0 Å². The third-order valence-corrected chi connectivity index (χ3v) is 8.53. The van der Waals surface area contributed by atoms with Gasteiger partial charge in [0.05, 0.1) is 6.10 Å². The zero-order chi connectivity index (χ0) is 18.0. The van der Waals surface area contributed by atoms with Crippen molar-refractivity contribution in [2.75, 3.05) is 20.6 Å². The summed E-state index contributed by atoms with van der Waals surface area (Å²) < 4.78 is 0. The minimum atomic E-state index is -0.137. The predicted molar refractivity (Wildman–Crippen MR) is 100 cm³/mol. The first-order chi connectivity index (χ1) is 11.8. The van der Waals surface area contributed by atoms with Gasteiger partial charge in [0, 0.05) is 17.9 Å². The average Bonchev–Trinajstić information content (AvgIpc) is 2.79. The highest BCUT2D eigenvalue weighted by molar-refractivity contribution is 5.89. The minimum Gasteiger partial charge on any atom is -0.393 e. The molecule has 25 heavy (non-hydrogen) atoms. The zero-order valence-electron chi connectivity index (χ0n) is 16.4. The molecule has 0 heterocycles. The maximum absolute atomic E-state index is 13.2. The van der Waals surface area contributed by atoms with E-state index in [0.717, 1.165) is 45.1 Å². The number of hydrogen-bond donors (Lipinski definition) is 1. The number of carbonyl (C=O) groups is 1. The SMILES string of the molecule is CN(C)C[C@@H]1C[C@H]2[C@@H]3CC=C4C[C@H](O)CC[C@]4(C)[C@H]3CC[C@]2(C)C1=O. The Bertz CT molecular complexity index is 597. The normalized spacial score (nSPS) is 49.4. The highest BCUT2D eigenvalue weighted by Gasteiger charge is 2.60. The summed E-state index contributed by atoms with van der Waals surface area (Å²) in [5, 5.41) is 10.1. The van der Waals surface area contributed by atoms with Crippen LogP contribution in [0, 0.1) is 34.5 Å². The quantitative estimate of drug-likeness (QED) is 0.776. The Hall–Kier alpha value is -0.670. The maximum atomic E-state index is 13.2. The number of allylic oxidation sites excluding steroid dienone is 1. The molecule has 140 valence electrons.